The summed E-state index contributed by atoms with van der Waals surface area (Å²) in [5, 5.41) is 6.82. The Morgan fingerprint density at radius 3 is 2.46 bits per heavy atom. The Kier molecular flexibility index (Phi) is 8.55. The van der Waals surface area contributed by atoms with Gasteiger partial charge in [-0.2, -0.15) is 5.10 Å². The van der Waals surface area contributed by atoms with Crippen LogP contribution in [-0.2, 0) is 4.79 Å². The SMILES string of the molecule is O=C(CCCCCNC(=O)c1ccccc1Br)NN=Cc1ccccc1. The molecule has 0 aliphatic carbocycles. The summed E-state index contributed by atoms with van der Waals surface area (Å²) in [4.78, 5) is 23.7. The van der Waals surface area contributed by atoms with E-state index in [4.69, 9.17) is 0 Å². The van der Waals surface area contributed by atoms with E-state index in [2.05, 4.69) is 31.8 Å². The highest BCUT2D eigenvalue weighted by atomic mass is 79.9. The van der Waals surface area contributed by atoms with Crippen molar-refractivity contribution < 1.29 is 9.59 Å². The third-order valence-electron chi connectivity index (χ3n) is 3.69. The molecule has 0 aliphatic rings. The molecule has 136 valence electrons. The Bertz CT molecular complexity index is 748. The second kappa shape index (κ2) is 11.2. The predicted molar refractivity (Wildman–Crippen MR) is 107 cm³/mol. The number of benzene rings is 2. The van der Waals surface area contributed by atoms with Crippen LogP contribution in [0.25, 0.3) is 0 Å². The molecule has 0 aromatic heterocycles. The Morgan fingerprint density at radius 2 is 1.69 bits per heavy atom. The van der Waals surface area contributed by atoms with E-state index in [1.807, 2.05) is 48.5 Å². The van der Waals surface area contributed by atoms with Crippen LogP contribution >= 0.6 is 15.9 Å². The molecule has 0 fully saturated rings. The summed E-state index contributed by atoms with van der Waals surface area (Å²) in [7, 11) is 0. The number of halogens is 1. The van der Waals surface area contributed by atoms with Crippen LogP contribution in [0.1, 0.15) is 41.6 Å². The standard InChI is InChI=1S/C20H22BrN3O2/c21-18-12-7-6-11-17(18)20(26)22-14-8-2-5-13-19(25)24-23-15-16-9-3-1-4-10-16/h1,3-4,6-7,9-12,15H,2,5,8,13-14H2,(H,22,26)(H,24,25). The van der Waals surface area contributed by atoms with Gasteiger partial charge in [0, 0.05) is 17.4 Å². The smallest absolute Gasteiger partial charge is 0.252 e. The van der Waals surface area contributed by atoms with Crippen molar-refractivity contribution in [1.82, 2.24) is 10.7 Å². The van der Waals surface area contributed by atoms with Crippen molar-refractivity contribution in [2.24, 2.45) is 5.10 Å². The minimum atomic E-state index is -0.102. The van der Waals surface area contributed by atoms with Gasteiger partial charge in [0.1, 0.15) is 0 Å². The van der Waals surface area contributed by atoms with Crippen LogP contribution in [0, 0.1) is 0 Å². The topological polar surface area (TPSA) is 70.6 Å². The van der Waals surface area contributed by atoms with Gasteiger partial charge in [0.15, 0.2) is 0 Å². The summed E-state index contributed by atoms with van der Waals surface area (Å²) in [5.41, 5.74) is 4.09. The molecule has 0 bridgehead atoms. The molecule has 0 saturated heterocycles. The van der Waals surface area contributed by atoms with Gasteiger partial charge in [-0.3, -0.25) is 9.59 Å². The molecule has 0 spiro atoms. The maximum atomic E-state index is 12.0. The van der Waals surface area contributed by atoms with E-state index < -0.39 is 0 Å². The van der Waals surface area contributed by atoms with E-state index in [1.165, 1.54) is 0 Å². The van der Waals surface area contributed by atoms with Crippen LogP contribution in [0.4, 0.5) is 0 Å². The van der Waals surface area contributed by atoms with Crippen LogP contribution in [0.2, 0.25) is 0 Å². The molecule has 0 saturated carbocycles. The lowest BCUT2D eigenvalue weighted by Crippen LogP contribution is -2.24. The molecular weight excluding hydrogens is 394 g/mol. The average molecular weight is 416 g/mol. The van der Waals surface area contributed by atoms with Gasteiger partial charge < -0.3 is 5.32 Å². The molecule has 0 heterocycles. The first-order valence-corrected chi connectivity index (χ1v) is 9.36. The predicted octanol–water partition coefficient (Wildman–Crippen LogP) is 3.89. The number of rotatable bonds is 9. The maximum absolute atomic E-state index is 12.0. The monoisotopic (exact) mass is 415 g/mol. The van der Waals surface area contributed by atoms with Crippen molar-refractivity contribution in [3.8, 4) is 0 Å². The second-order valence-electron chi connectivity index (χ2n) is 5.75. The fraction of sp³-hybridized carbons (Fsp3) is 0.250. The lowest BCUT2D eigenvalue weighted by atomic mass is 10.2. The van der Waals surface area contributed by atoms with E-state index in [9.17, 15) is 9.59 Å². The van der Waals surface area contributed by atoms with Crippen molar-refractivity contribution in [2.75, 3.05) is 6.54 Å². The molecule has 0 aliphatic heterocycles. The van der Waals surface area contributed by atoms with E-state index in [-0.39, 0.29) is 11.8 Å². The Balaban J connectivity index is 1.55. The number of hydrogen-bond donors (Lipinski definition) is 2. The molecule has 2 rings (SSSR count). The van der Waals surface area contributed by atoms with Gasteiger partial charge in [0.25, 0.3) is 5.91 Å². The number of unbranched alkanes of at least 4 members (excludes halogenated alkanes) is 2. The third-order valence-corrected chi connectivity index (χ3v) is 4.38. The molecule has 6 heteroatoms. The fourth-order valence-electron chi connectivity index (χ4n) is 2.30. The largest absolute Gasteiger partial charge is 0.352 e. The molecule has 2 amide bonds. The van der Waals surface area contributed by atoms with E-state index in [1.54, 1.807) is 12.3 Å². The van der Waals surface area contributed by atoms with Crippen LogP contribution in [0.3, 0.4) is 0 Å². The second-order valence-corrected chi connectivity index (χ2v) is 6.60. The van der Waals surface area contributed by atoms with Crippen LogP contribution in [0.5, 0.6) is 0 Å². The van der Waals surface area contributed by atoms with Crippen LogP contribution < -0.4 is 10.7 Å². The van der Waals surface area contributed by atoms with Gasteiger partial charge in [0.05, 0.1) is 11.8 Å². The molecule has 0 unspecified atom stereocenters. The first-order chi connectivity index (χ1) is 12.7. The quantitative estimate of drug-likeness (QED) is 0.370. The molecule has 2 aromatic rings. The molecular formula is C20H22BrN3O2. The van der Waals surface area contributed by atoms with Gasteiger partial charge in [-0.1, -0.05) is 48.9 Å². The molecule has 5 nitrogen and oxygen atoms in total. The highest BCUT2D eigenvalue weighted by molar-refractivity contribution is 9.10. The molecule has 26 heavy (non-hydrogen) atoms. The van der Waals surface area contributed by atoms with Gasteiger partial charge in [-0.25, -0.2) is 5.43 Å². The van der Waals surface area contributed by atoms with E-state index in [0.717, 1.165) is 29.3 Å². The van der Waals surface area contributed by atoms with Crippen molar-refractivity contribution in [3.63, 3.8) is 0 Å². The van der Waals surface area contributed by atoms with Gasteiger partial charge >= 0.3 is 0 Å². The summed E-state index contributed by atoms with van der Waals surface area (Å²) in [6.45, 7) is 0.591. The van der Waals surface area contributed by atoms with Crippen LogP contribution in [-0.4, -0.2) is 24.6 Å². The number of nitrogens with zero attached hydrogens (tertiary/aromatic N) is 1. The van der Waals surface area contributed by atoms with E-state index >= 15 is 0 Å². The first kappa shape index (κ1) is 19.8. The van der Waals surface area contributed by atoms with Crippen molar-refractivity contribution in [2.45, 2.75) is 25.7 Å². The lowest BCUT2D eigenvalue weighted by molar-refractivity contribution is -0.121. The number of amides is 2. The molecule has 2 aromatic carbocycles. The maximum Gasteiger partial charge on any atom is 0.252 e. The molecule has 0 atom stereocenters. The summed E-state index contributed by atoms with van der Waals surface area (Å²) < 4.78 is 0.783. The molecule has 2 N–H and O–H groups in total. The summed E-state index contributed by atoms with van der Waals surface area (Å²) in [6, 6.07) is 16.9. The molecule has 0 radical (unpaired) electrons. The van der Waals surface area contributed by atoms with Crippen molar-refractivity contribution in [1.29, 1.82) is 0 Å². The zero-order chi connectivity index (χ0) is 18.6. The summed E-state index contributed by atoms with van der Waals surface area (Å²) in [6.07, 6.45) is 4.50. The van der Waals surface area contributed by atoms with Crippen molar-refractivity contribution in [3.05, 3.63) is 70.2 Å². The summed E-state index contributed by atoms with van der Waals surface area (Å²) >= 11 is 3.37. The first-order valence-electron chi connectivity index (χ1n) is 8.56. The zero-order valence-corrected chi connectivity index (χ0v) is 16.0. The number of hydrogen-bond acceptors (Lipinski definition) is 3. The Morgan fingerprint density at radius 1 is 0.962 bits per heavy atom. The Labute approximate surface area is 162 Å². The fourth-order valence-corrected chi connectivity index (χ4v) is 2.77. The zero-order valence-electron chi connectivity index (χ0n) is 14.5. The highest BCUT2D eigenvalue weighted by Crippen LogP contribution is 2.15. The number of nitrogens with one attached hydrogen (secondary N) is 2. The van der Waals surface area contributed by atoms with Crippen molar-refractivity contribution >= 4 is 34.0 Å². The summed E-state index contributed by atoms with van der Waals surface area (Å²) in [5.74, 6) is -0.195. The lowest BCUT2D eigenvalue weighted by Gasteiger charge is -2.06. The number of carbonyl (C=O) groups excluding carboxylic acids is 2. The minimum absolute atomic E-state index is 0.0922. The Hall–Kier alpha value is -2.47. The highest BCUT2D eigenvalue weighted by Gasteiger charge is 2.07. The average Bonchev–Trinajstić information content (AvgIpc) is 2.65. The van der Waals surface area contributed by atoms with Gasteiger partial charge in [-0.15, -0.1) is 0 Å². The third kappa shape index (κ3) is 7.19. The number of carbonyl (C=O) groups is 2. The number of hydrazone groups is 1. The minimum Gasteiger partial charge on any atom is -0.352 e. The normalized spacial score (nSPS) is 10.7. The van der Waals surface area contributed by atoms with Gasteiger partial charge in [-0.05, 0) is 46.5 Å². The van der Waals surface area contributed by atoms with E-state index in [0.29, 0.717) is 18.5 Å². The van der Waals surface area contributed by atoms with Gasteiger partial charge in [0.2, 0.25) is 5.91 Å². The van der Waals surface area contributed by atoms with Crippen LogP contribution in [0.15, 0.2) is 64.2 Å².